The Balaban J connectivity index is 1.89. The van der Waals surface area contributed by atoms with Gasteiger partial charge in [-0.05, 0) is 60.2 Å². The Bertz CT molecular complexity index is 1280. The molecule has 4 aromatic rings. The van der Waals surface area contributed by atoms with Gasteiger partial charge < -0.3 is 0 Å². The molecule has 0 aliphatic heterocycles. The number of aromatic nitrogens is 2. The van der Waals surface area contributed by atoms with Crippen molar-refractivity contribution in [1.29, 1.82) is 5.26 Å². The van der Waals surface area contributed by atoms with Crippen molar-refractivity contribution in [2.75, 3.05) is 0 Å². The molecule has 0 amide bonds. The molecule has 0 atom stereocenters. The minimum Gasteiger partial charge on any atom is -0.268 e. The van der Waals surface area contributed by atoms with Gasteiger partial charge in [-0.3, -0.25) is 9.36 Å². The monoisotopic (exact) mass is 427 g/mol. The molecule has 0 unspecified atom stereocenters. The van der Waals surface area contributed by atoms with Gasteiger partial charge in [-0.25, -0.2) is 4.98 Å². The first kappa shape index (κ1) is 17.9. The second kappa shape index (κ2) is 7.63. The molecule has 0 fully saturated rings. The molecule has 4 nitrogen and oxygen atoms in total. The number of fused-ring (bicyclic) bond motifs is 1. The van der Waals surface area contributed by atoms with Crippen LogP contribution in [0.2, 0.25) is 0 Å². The molecule has 28 heavy (non-hydrogen) atoms. The lowest BCUT2D eigenvalue weighted by Crippen LogP contribution is -2.22. The average molecular weight is 428 g/mol. The van der Waals surface area contributed by atoms with Gasteiger partial charge in [0.1, 0.15) is 5.82 Å². The van der Waals surface area contributed by atoms with Crippen LogP contribution in [0.15, 0.2) is 82.1 Å². The van der Waals surface area contributed by atoms with Crippen molar-refractivity contribution in [2.45, 2.75) is 0 Å². The standard InChI is InChI=1S/C23H14BrN3O/c24-18-10-12-19(13-11-18)27-22(14-9-16-5-7-17(15-25)8-6-16)26-21-4-2-1-3-20(21)23(27)28/h1-14H/b14-9+. The Labute approximate surface area is 170 Å². The van der Waals surface area contributed by atoms with Crippen LogP contribution in [0.4, 0.5) is 0 Å². The number of benzene rings is 3. The van der Waals surface area contributed by atoms with Gasteiger partial charge in [0.15, 0.2) is 0 Å². The van der Waals surface area contributed by atoms with E-state index in [0.29, 0.717) is 22.3 Å². The Morgan fingerprint density at radius 2 is 1.64 bits per heavy atom. The summed E-state index contributed by atoms with van der Waals surface area (Å²) < 4.78 is 2.54. The average Bonchev–Trinajstić information content (AvgIpc) is 2.74. The zero-order valence-electron chi connectivity index (χ0n) is 14.7. The van der Waals surface area contributed by atoms with Gasteiger partial charge in [0, 0.05) is 4.47 Å². The van der Waals surface area contributed by atoms with Crippen LogP contribution in [-0.2, 0) is 0 Å². The number of nitriles is 1. The predicted molar refractivity (Wildman–Crippen MR) is 115 cm³/mol. The molecule has 3 aromatic carbocycles. The first-order valence-corrected chi connectivity index (χ1v) is 9.41. The second-order valence-corrected chi connectivity index (χ2v) is 7.09. The Kier molecular flexibility index (Phi) is 4.88. The molecule has 1 aromatic heterocycles. The summed E-state index contributed by atoms with van der Waals surface area (Å²) in [6, 6.07) is 24.2. The molecule has 0 aliphatic carbocycles. The van der Waals surface area contributed by atoms with Crippen LogP contribution in [0.1, 0.15) is 17.0 Å². The van der Waals surface area contributed by atoms with E-state index in [1.54, 1.807) is 22.8 Å². The van der Waals surface area contributed by atoms with Crippen molar-refractivity contribution in [3.05, 3.63) is 105 Å². The third-order valence-corrected chi connectivity index (χ3v) is 4.88. The molecule has 0 saturated heterocycles. The maximum Gasteiger partial charge on any atom is 0.266 e. The third kappa shape index (κ3) is 3.51. The SMILES string of the molecule is N#Cc1ccc(/C=C/c2nc3ccccc3c(=O)n2-c2ccc(Br)cc2)cc1. The van der Waals surface area contributed by atoms with Crippen molar-refractivity contribution in [3.63, 3.8) is 0 Å². The van der Waals surface area contributed by atoms with Crippen LogP contribution >= 0.6 is 15.9 Å². The van der Waals surface area contributed by atoms with Crippen molar-refractivity contribution in [2.24, 2.45) is 0 Å². The van der Waals surface area contributed by atoms with Gasteiger partial charge in [-0.2, -0.15) is 5.26 Å². The van der Waals surface area contributed by atoms with Gasteiger partial charge in [-0.15, -0.1) is 0 Å². The number of halogens is 1. The summed E-state index contributed by atoms with van der Waals surface area (Å²) in [5.41, 5.74) is 2.80. The van der Waals surface area contributed by atoms with Crippen LogP contribution in [0.25, 0.3) is 28.7 Å². The summed E-state index contributed by atoms with van der Waals surface area (Å²) in [5.74, 6) is 0.537. The highest BCUT2D eigenvalue weighted by Crippen LogP contribution is 2.18. The molecule has 5 heteroatoms. The number of hydrogen-bond acceptors (Lipinski definition) is 3. The first-order chi connectivity index (χ1) is 13.7. The predicted octanol–water partition coefficient (Wildman–Crippen LogP) is 5.19. The minimum absolute atomic E-state index is 0.118. The van der Waals surface area contributed by atoms with E-state index < -0.39 is 0 Å². The molecular formula is C23H14BrN3O. The van der Waals surface area contributed by atoms with Crippen molar-refractivity contribution in [3.8, 4) is 11.8 Å². The largest absolute Gasteiger partial charge is 0.268 e. The molecule has 134 valence electrons. The van der Waals surface area contributed by atoms with E-state index in [1.165, 1.54) is 0 Å². The van der Waals surface area contributed by atoms with Crippen LogP contribution in [0, 0.1) is 11.3 Å². The summed E-state index contributed by atoms with van der Waals surface area (Å²) in [6.07, 6.45) is 3.70. The molecule has 4 rings (SSSR count). The molecule has 0 aliphatic rings. The molecule has 0 radical (unpaired) electrons. The Morgan fingerprint density at radius 1 is 0.929 bits per heavy atom. The van der Waals surface area contributed by atoms with E-state index >= 15 is 0 Å². The first-order valence-electron chi connectivity index (χ1n) is 8.62. The number of rotatable bonds is 3. The molecule has 0 saturated carbocycles. The van der Waals surface area contributed by atoms with Crippen molar-refractivity contribution in [1.82, 2.24) is 9.55 Å². The normalized spacial score (nSPS) is 11.0. The van der Waals surface area contributed by atoms with E-state index in [2.05, 4.69) is 22.0 Å². The Morgan fingerprint density at radius 3 is 2.36 bits per heavy atom. The lowest BCUT2D eigenvalue weighted by molar-refractivity contribution is 0.943. The number of nitrogens with zero attached hydrogens (tertiary/aromatic N) is 3. The summed E-state index contributed by atoms with van der Waals surface area (Å²) in [7, 11) is 0. The van der Waals surface area contributed by atoms with Crippen molar-refractivity contribution >= 4 is 39.0 Å². The highest BCUT2D eigenvalue weighted by Gasteiger charge is 2.10. The molecular weight excluding hydrogens is 414 g/mol. The summed E-state index contributed by atoms with van der Waals surface area (Å²) in [4.78, 5) is 17.9. The van der Waals surface area contributed by atoms with Gasteiger partial charge in [0.25, 0.3) is 5.56 Å². The van der Waals surface area contributed by atoms with Gasteiger partial charge in [0.2, 0.25) is 0 Å². The van der Waals surface area contributed by atoms with Crippen molar-refractivity contribution < 1.29 is 0 Å². The van der Waals surface area contributed by atoms with Crippen LogP contribution < -0.4 is 5.56 Å². The third-order valence-electron chi connectivity index (χ3n) is 4.35. The van der Waals surface area contributed by atoms with E-state index in [0.717, 1.165) is 15.7 Å². The van der Waals surface area contributed by atoms with Crippen LogP contribution in [0.3, 0.4) is 0 Å². The molecule has 1 heterocycles. The maximum atomic E-state index is 13.2. The smallest absolute Gasteiger partial charge is 0.266 e. The van der Waals surface area contributed by atoms with E-state index in [1.807, 2.05) is 66.7 Å². The highest BCUT2D eigenvalue weighted by atomic mass is 79.9. The number of hydrogen-bond donors (Lipinski definition) is 0. The second-order valence-electron chi connectivity index (χ2n) is 6.17. The zero-order valence-corrected chi connectivity index (χ0v) is 16.3. The van der Waals surface area contributed by atoms with Gasteiger partial charge >= 0.3 is 0 Å². The topological polar surface area (TPSA) is 58.7 Å². The minimum atomic E-state index is -0.118. The quantitative estimate of drug-likeness (QED) is 0.451. The lowest BCUT2D eigenvalue weighted by atomic mass is 10.1. The fraction of sp³-hybridized carbons (Fsp3) is 0. The zero-order chi connectivity index (χ0) is 19.5. The summed E-state index contributed by atoms with van der Waals surface area (Å²) in [5, 5.41) is 9.50. The fourth-order valence-electron chi connectivity index (χ4n) is 2.94. The lowest BCUT2D eigenvalue weighted by Gasteiger charge is -2.11. The highest BCUT2D eigenvalue weighted by molar-refractivity contribution is 9.10. The van der Waals surface area contributed by atoms with Crippen LogP contribution in [-0.4, -0.2) is 9.55 Å². The Hall–Kier alpha value is -3.49. The van der Waals surface area contributed by atoms with E-state index in [9.17, 15) is 4.79 Å². The maximum absolute atomic E-state index is 13.2. The fourth-order valence-corrected chi connectivity index (χ4v) is 3.21. The molecule has 0 N–H and O–H groups in total. The molecule has 0 bridgehead atoms. The van der Waals surface area contributed by atoms with Gasteiger partial charge in [-0.1, -0.05) is 46.3 Å². The van der Waals surface area contributed by atoms with E-state index in [-0.39, 0.29) is 5.56 Å². The van der Waals surface area contributed by atoms with Crippen LogP contribution in [0.5, 0.6) is 0 Å². The molecule has 0 spiro atoms. The number of para-hydroxylation sites is 1. The summed E-state index contributed by atoms with van der Waals surface area (Å²) in [6.45, 7) is 0. The van der Waals surface area contributed by atoms with E-state index in [4.69, 9.17) is 10.2 Å². The summed E-state index contributed by atoms with van der Waals surface area (Å²) >= 11 is 3.43. The van der Waals surface area contributed by atoms with Gasteiger partial charge in [0.05, 0.1) is 28.2 Å².